The average Bonchev–Trinajstić information content (AvgIpc) is 2.44. The lowest BCUT2D eigenvalue weighted by Gasteiger charge is -2.09. The van der Waals surface area contributed by atoms with Crippen molar-refractivity contribution < 1.29 is 14.3 Å². The minimum atomic E-state index is -1.00. The maximum absolute atomic E-state index is 13.1. The first-order chi connectivity index (χ1) is 9.66. The van der Waals surface area contributed by atoms with Gasteiger partial charge < -0.3 is 5.11 Å². The summed E-state index contributed by atoms with van der Waals surface area (Å²) in [6.07, 6.45) is 0.147. The summed E-state index contributed by atoms with van der Waals surface area (Å²) >= 11 is 0. The first kappa shape index (κ1) is 13.8. The van der Waals surface area contributed by atoms with Gasteiger partial charge in [0.1, 0.15) is 5.82 Å². The second-order valence-corrected chi connectivity index (χ2v) is 4.32. The van der Waals surface area contributed by atoms with Crippen LogP contribution in [0.25, 0.3) is 0 Å². The molecule has 0 saturated heterocycles. The fourth-order valence-corrected chi connectivity index (χ4v) is 1.85. The third-order valence-electron chi connectivity index (χ3n) is 2.86. The number of hydrogen-bond acceptors (Lipinski definition) is 1. The number of rotatable bonds is 3. The monoisotopic (exact) mass is 268 g/mol. The number of carboxylic acids is 1. The van der Waals surface area contributed by atoms with Crippen LogP contribution in [0, 0.1) is 17.7 Å². The molecule has 3 heteroatoms. The van der Waals surface area contributed by atoms with Crippen molar-refractivity contribution in [2.24, 2.45) is 0 Å². The van der Waals surface area contributed by atoms with E-state index < -0.39 is 17.7 Å². The Kier molecular flexibility index (Phi) is 4.52. The molecule has 20 heavy (non-hydrogen) atoms. The molecule has 1 atom stereocenters. The van der Waals surface area contributed by atoms with Crippen LogP contribution in [-0.2, 0) is 4.79 Å². The molecule has 2 aromatic carbocycles. The van der Waals surface area contributed by atoms with Crippen LogP contribution in [0.4, 0.5) is 4.39 Å². The van der Waals surface area contributed by atoms with E-state index in [0.717, 1.165) is 5.56 Å². The topological polar surface area (TPSA) is 37.3 Å². The molecule has 0 bridgehead atoms. The number of benzene rings is 2. The summed E-state index contributed by atoms with van der Waals surface area (Å²) in [5, 5.41) is 9.22. The van der Waals surface area contributed by atoms with Crippen LogP contribution in [0.3, 0.4) is 0 Å². The van der Waals surface area contributed by atoms with Gasteiger partial charge in [0.25, 0.3) is 0 Å². The highest BCUT2D eigenvalue weighted by molar-refractivity contribution is 5.76. The van der Waals surface area contributed by atoms with Crippen molar-refractivity contribution in [2.45, 2.75) is 12.3 Å². The van der Waals surface area contributed by atoms with E-state index >= 15 is 0 Å². The molecular formula is C17H13FO2. The molecule has 2 rings (SSSR count). The van der Waals surface area contributed by atoms with Crippen LogP contribution in [0.1, 0.15) is 23.5 Å². The fourth-order valence-electron chi connectivity index (χ4n) is 1.85. The number of halogens is 1. The van der Waals surface area contributed by atoms with E-state index in [2.05, 4.69) is 11.8 Å². The number of aliphatic carboxylic acids is 1. The van der Waals surface area contributed by atoms with Gasteiger partial charge in [-0.3, -0.25) is 4.79 Å². The molecule has 0 aliphatic rings. The highest BCUT2D eigenvalue weighted by atomic mass is 19.1. The predicted octanol–water partition coefficient (Wildman–Crippen LogP) is 3.44. The molecule has 2 nitrogen and oxygen atoms in total. The summed E-state index contributed by atoms with van der Waals surface area (Å²) in [5.74, 6) is 3.50. The van der Waals surface area contributed by atoms with E-state index in [-0.39, 0.29) is 6.42 Å². The molecule has 0 amide bonds. The molecule has 0 aliphatic carbocycles. The van der Waals surface area contributed by atoms with Crippen molar-refractivity contribution >= 4 is 5.97 Å². The normalized spacial score (nSPS) is 11.2. The van der Waals surface area contributed by atoms with Gasteiger partial charge in [0.05, 0.1) is 5.92 Å². The molecular weight excluding hydrogens is 255 g/mol. The molecule has 100 valence electrons. The summed E-state index contributed by atoms with van der Waals surface area (Å²) in [5.41, 5.74) is 1.26. The van der Waals surface area contributed by atoms with Gasteiger partial charge >= 0.3 is 5.97 Å². The Balaban J connectivity index is 2.16. The minimum absolute atomic E-state index is 0.147. The van der Waals surface area contributed by atoms with Gasteiger partial charge in [0.15, 0.2) is 0 Å². The second-order valence-electron chi connectivity index (χ2n) is 4.32. The SMILES string of the molecule is O=C(O)C(CC#Cc1ccccc1)c1cccc(F)c1. The highest BCUT2D eigenvalue weighted by Gasteiger charge is 2.18. The maximum atomic E-state index is 13.1. The third-order valence-corrected chi connectivity index (χ3v) is 2.86. The first-order valence-corrected chi connectivity index (χ1v) is 6.19. The average molecular weight is 268 g/mol. The van der Waals surface area contributed by atoms with Crippen molar-refractivity contribution in [1.29, 1.82) is 0 Å². The summed E-state index contributed by atoms with van der Waals surface area (Å²) in [7, 11) is 0. The summed E-state index contributed by atoms with van der Waals surface area (Å²) in [4.78, 5) is 11.3. The molecule has 1 N–H and O–H groups in total. The van der Waals surface area contributed by atoms with E-state index in [1.54, 1.807) is 6.07 Å². The Hall–Kier alpha value is -2.60. The van der Waals surface area contributed by atoms with Crippen molar-refractivity contribution in [1.82, 2.24) is 0 Å². The van der Waals surface area contributed by atoms with Gasteiger partial charge in [0.2, 0.25) is 0 Å². The van der Waals surface area contributed by atoms with E-state index in [4.69, 9.17) is 0 Å². The summed E-state index contributed by atoms with van der Waals surface area (Å²) in [6.45, 7) is 0. The van der Waals surface area contributed by atoms with Crippen LogP contribution in [0.5, 0.6) is 0 Å². The van der Waals surface area contributed by atoms with Crippen LogP contribution < -0.4 is 0 Å². The molecule has 0 spiro atoms. The molecule has 2 aromatic rings. The Bertz CT molecular complexity index is 653. The molecule has 0 aliphatic heterocycles. The Morgan fingerprint density at radius 1 is 1.15 bits per heavy atom. The number of carbonyl (C=O) groups is 1. The summed E-state index contributed by atoms with van der Waals surface area (Å²) in [6, 6.07) is 15.0. The van der Waals surface area contributed by atoms with Gasteiger partial charge in [-0.2, -0.15) is 0 Å². The lowest BCUT2D eigenvalue weighted by Crippen LogP contribution is -2.11. The second kappa shape index (κ2) is 6.53. The quantitative estimate of drug-likeness (QED) is 0.866. The van der Waals surface area contributed by atoms with Crippen LogP contribution in [0.15, 0.2) is 54.6 Å². The van der Waals surface area contributed by atoms with E-state index in [9.17, 15) is 14.3 Å². The van der Waals surface area contributed by atoms with Gasteiger partial charge in [-0.25, -0.2) is 4.39 Å². The Labute approximate surface area is 116 Å². The lowest BCUT2D eigenvalue weighted by molar-refractivity contribution is -0.138. The molecule has 0 aromatic heterocycles. The van der Waals surface area contributed by atoms with Crippen LogP contribution in [-0.4, -0.2) is 11.1 Å². The van der Waals surface area contributed by atoms with E-state index in [0.29, 0.717) is 5.56 Å². The number of hydrogen-bond donors (Lipinski definition) is 1. The first-order valence-electron chi connectivity index (χ1n) is 6.19. The van der Waals surface area contributed by atoms with Gasteiger partial charge in [0, 0.05) is 12.0 Å². The molecule has 0 heterocycles. The van der Waals surface area contributed by atoms with E-state index in [1.807, 2.05) is 30.3 Å². The Morgan fingerprint density at radius 2 is 1.90 bits per heavy atom. The van der Waals surface area contributed by atoms with Gasteiger partial charge in [-0.05, 0) is 29.8 Å². The largest absolute Gasteiger partial charge is 0.481 e. The smallest absolute Gasteiger partial charge is 0.311 e. The van der Waals surface area contributed by atoms with Gasteiger partial charge in [-0.1, -0.05) is 42.2 Å². The standard InChI is InChI=1S/C17H13FO2/c18-15-10-5-9-14(12-15)16(17(19)20)11-4-8-13-6-2-1-3-7-13/h1-3,5-7,9-10,12,16H,11H2,(H,19,20). The highest BCUT2D eigenvalue weighted by Crippen LogP contribution is 2.20. The lowest BCUT2D eigenvalue weighted by atomic mass is 9.96. The zero-order valence-electron chi connectivity index (χ0n) is 10.7. The van der Waals surface area contributed by atoms with Crippen molar-refractivity contribution in [3.05, 3.63) is 71.5 Å². The van der Waals surface area contributed by atoms with Crippen molar-refractivity contribution in [2.75, 3.05) is 0 Å². The molecule has 0 fully saturated rings. The zero-order chi connectivity index (χ0) is 14.4. The third kappa shape index (κ3) is 3.69. The maximum Gasteiger partial charge on any atom is 0.311 e. The van der Waals surface area contributed by atoms with Gasteiger partial charge in [-0.15, -0.1) is 0 Å². The zero-order valence-corrected chi connectivity index (χ0v) is 10.7. The number of carboxylic acid groups (broad SMARTS) is 1. The summed E-state index contributed by atoms with van der Waals surface area (Å²) < 4.78 is 13.1. The predicted molar refractivity (Wildman–Crippen MR) is 74.7 cm³/mol. The van der Waals surface area contributed by atoms with Crippen LogP contribution in [0.2, 0.25) is 0 Å². The van der Waals surface area contributed by atoms with E-state index in [1.165, 1.54) is 18.2 Å². The fraction of sp³-hybridized carbons (Fsp3) is 0.118. The Morgan fingerprint density at radius 3 is 2.55 bits per heavy atom. The molecule has 0 saturated carbocycles. The van der Waals surface area contributed by atoms with Crippen molar-refractivity contribution in [3.8, 4) is 11.8 Å². The minimum Gasteiger partial charge on any atom is -0.481 e. The van der Waals surface area contributed by atoms with Crippen LogP contribution >= 0.6 is 0 Å². The molecule has 1 unspecified atom stereocenters. The van der Waals surface area contributed by atoms with Crippen molar-refractivity contribution in [3.63, 3.8) is 0 Å². The molecule has 0 radical (unpaired) electrons.